The smallest absolute Gasteiger partial charge is 0.0342 e. The van der Waals surface area contributed by atoms with E-state index in [-0.39, 0.29) is 5.54 Å². The zero-order chi connectivity index (χ0) is 15.0. The summed E-state index contributed by atoms with van der Waals surface area (Å²) in [5, 5.41) is 0. The number of rotatable bonds is 6. The number of hydrogen-bond acceptors (Lipinski definition) is 2. The summed E-state index contributed by atoms with van der Waals surface area (Å²) in [6.45, 7) is 14.1. The predicted molar refractivity (Wildman–Crippen MR) is 87.8 cm³/mol. The standard InChI is InChI=1S/C18H36N2/c1-14(2)8-9-20(16-6-7-16)18(13-19)11-15(3)10-17(4,5)12-18/h14-16H,6-13,19H2,1-5H3. The zero-order valence-electron chi connectivity index (χ0n) is 14.4. The lowest BCUT2D eigenvalue weighted by Gasteiger charge is -2.53. The first kappa shape index (κ1) is 16.3. The monoisotopic (exact) mass is 280 g/mol. The summed E-state index contributed by atoms with van der Waals surface area (Å²) < 4.78 is 0. The van der Waals surface area contributed by atoms with Crippen LogP contribution < -0.4 is 5.73 Å². The molecule has 2 rings (SSSR count). The summed E-state index contributed by atoms with van der Waals surface area (Å²) >= 11 is 0. The summed E-state index contributed by atoms with van der Waals surface area (Å²) in [5.74, 6) is 1.60. The molecule has 2 aliphatic rings. The van der Waals surface area contributed by atoms with Gasteiger partial charge in [-0.1, -0.05) is 34.6 Å². The third kappa shape index (κ3) is 3.76. The van der Waals surface area contributed by atoms with Crippen LogP contribution >= 0.6 is 0 Å². The summed E-state index contributed by atoms with van der Waals surface area (Å²) in [7, 11) is 0. The van der Waals surface area contributed by atoms with Crippen LogP contribution in [0.3, 0.4) is 0 Å². The van der Waals surface area contributed by atoms with Gasteiger partial charge in [0.25, 0.3) is 0 Å². The number of nitrogens with zero attached hydrogens (tertiary/aromatic N) is 1. The Morgan fingerprint density at radius 3 is 2.30 bits per heavy atom. The van der Waals surface area contributed by atoms with E-state index in [0.717, 1.165) is 24.4 Å². The van der Waals surface area contributed by atoms with Crippen molar-refractivity contribution >= 4 is 0 Å². The topological polar surface area (TPSA) is 29.3 Å². The minimum absolute atomic E-state index is 0.275. The van der Waals surface area contributed by atoms with E-state index in [1.165, 1.54) is 45.1 Å². The van der Waals surface area contributed by atoms with Gasteiger partial charge in [0.05, 0.1) is 0 Å². The molecule has 0 aromatic carbocycles. The third-order valence-electron chi connectivity index (χ3n) is 5.36. The van der Waals surface area contributed by atoms with Crippen molar-refractivity contribution in [2.24, 2.45) is 23.0 Å². The summed E-state index contributed by atoms with van der Waals surface area (Å²) in [4.78, 5) is 2.84. The van der Waals surface area contributed by atoms with E-state index in [0.29, 0.717) is 5.41 Å². The van der Waals surface area contributed by atoms with Crippen molar-refractivity contribution in [2.75, 3.05) is 13.1 Å². The van der Waals surface area contributed by atoms with Crippen LogP contribution in [-0.4, -0.2) is 29.6 Å². The molecule has 2 heteroatoms. The first-order valence-electron chi connectivity index (χ1n) is 8.75. The molecule has 0 aromatic rings. The van der Waals surface area contributed by atoms with Crippen LogP contribution in [0.1, 0.15) is 73.1 Å². The van der Waals surface area contributed by atoms with Gasteiger partial charge in [0.15, 0.2) is 0 Å². The number of nitrogens with two attached hydrogens (primary N) is 1. The second-order valence-corrected chi connectivity index (χ2v) is 8.89. The molecule has 2 nitrogen and oxygen atoms in total. The molecule has 2 atom stereocenters. The van der Waals surface area contributed by atoms with Gasteiger partial charge in [0.1, 0.15) is 0 Å². The highest BCUT2D eigenvalue weighted by atomic mass is 15.3. The maximum Gasteiger partial charge on any atom is 0.0342 e. The van der Waals surface area contributed by atoms with Gasteiger partial charge in [-0.15, -0.1) is 0 Å². The van der Waals surface area contributed by atoms with Crippen LogP contribution in [0.2, 0.25) is 0 Å². The van der Waals surface area contributed by atoms with Crippen molar-refractivity contribution in [1.82, 2.24) is 4.90 Å². The first-order valence-corrected chi connectivity index (χ1v) is 8.75. The van der Waals surface area contributed by atoms with E-state index < -0.39 is 0 Å². The Kier molecular flexibility index (Phi) is 4.86. The lowest BCUT2D eigenvalue weighted by atomic mass is 9.63. The fourth-order valence-electron chi connectivity index (χ4n) is 4.78. The first-order chi connectivity index (χ1) is 9.28. The Labute approximate surface area is 126 Å². The molecule has 2 saturated carbocycles. The fraction of sp³-hybridized carbons (Fsp3) is 1.00. The Bertz CT molecular complexity index is 319. The third-order valence-corrected chi connectivity index (χ3v) is 5.36. The minimum atomic E-state index is 0.275. The highest BCUT2D eigenvalue weighted by Gasteiger charge is 2.49. The highest BCUT2D eigenvalue weighted by molar-refractivity contribution is 5.05. The van der Waals surface area contributed by atoms with Gasteiger partial charge < -0.3 is 5.73 Å². The van der Waals surface area contributed by atoms with Crippen LogP contribution in [0.4, 0.5) is 0 Å². The Balaban J connectivity index is 2.17. The fourth-order valence-corrected chi connectivity index (χ4v) is 4.78. The van der Waals surface area contributed by atoms with Crippen LogP contribution in [0.5, 0.6) is 0 Å². The summed E-state index contributed by atoms with van der Waals surface area (Å²) in [5.41, 5.74) is 7.07. The molecule has 0 aliphatic heterocycles. The van der Waals surface area contributed by atoms with Crippen molar-refractivity contribution in [3.05, 3.63) is 0 Å². The Morgan fingerprint density at radius 1 is 1.20 bits per heavy atom. The van der Waals surface area contributed by atoms with Gasteiger partial charge in [-0.05, 0) is 62.3 Å². The molecule has 0 amide bonds. The van der Waals surface area contributed by atoms with Crippen LogP contribution in [0.15, 0.2) is 0 Å². The lowest BCUT2D eigenvalue weighted by Crippen LogP contribution is -2.60. The molecule has 2 unspecified atom stereocenters. The molecule has 2 aliphatic carbocycles. The molecule has 0 radical (unpaired) electrons. The van der Waals surface area contributed by atoms with E-state index in [1.54, 1.807) is 0 Å². The van der Waals surface area contributed by atoms with Crippen LogP contribution in [0.25, 0.3) is 0 Å². The Hall–Kier alpha value is -0.0800. The van der Waals surface area contributed by atoms with E-state index in [9.17, 15) is 0 Å². The quantitative estimate of drug-likeness (QED) is 0.795. The van der Waals surface area contributed by atoms with Crippen molar-refractivity contribution in [2.45, 2.75) is 84.7 Å². The average Bonchev–Trinajstić information content (AvgIpc) is 3.10. The van der Waals surface area contributed by atoms with E-state index in [2.05, 4.69) is 39.5 Å². The molecule has 0 aromatic heterocycles. The molecule has 0 spiro atoms. The van der Waals surface area contributed by atoms with Crippen molar-refractivity contribution < 1.29 is 0 Å². The van der Waals surface area contributed by atoms with Crippen molar-refractivity contribution in [3.63, 3.8) is 0 Å². The van der Waals surface area contributed by atoms with E-state index in [1.807, 2.05) is 0 Å². The predicted octanol–water partition coefficient (Wildman–Crippen LogP) is 4.04. The van der Waals surface area contributed by atoms with Crippen molar-refractivity contribution in [3.8, 4) is 0 Å². The summed E-state index contributed by atoms with van der Waals surface area (Å²) in [6.07, 6.45) is 8.06. The minimum Gasteiger partial charge on any atom is -0.329 e. The molecule has 2 N–H and O–H groups in total. The molecule has 2 fully saturated rings. The molecular formula is C18H36N2. The molecule has 118 valence electrons. The lowest BCUT2D eigenvalue weighted by molar-refractivity contribution is -0.0191. The van der Waals surface area contributed by atoms with Gasteiger partial charge >= 0.3 is 0 Å². The molecule has 20 heavy (non-hydrogen) atoms. The van der Waals surface area contributed by atoms with Gasteiger partial charge in [-0.25, -0.2) is 0 Å². The highest BCUT2D eigenvalue weighted by Crippen LogP contribution is 2.49. The van der Waals surface area contributed by atoms with Gasteiger partial charge in [0, 0.05) is 18.1 Å². The number of hydrogen-bond donors (Lipinski definition) is 1. The molecular weight excluding hydrogens is 244 g/mol. The maximum atomic E-state index is 6.35. The second kappa shape index (κ2) is 5.96. The van der Waals surface area contributed by atoms with Gasteiger partial charge in [-0.3, -0.25) is 4.90 Å². The zero-order valence-corrected chi connectivity index (χ0v) is 14.4. The summed E-state index contributed by atoms with van der Waals surface area (Å²) in [6, 6.07) is 0.832. The maximum absolute atomic E-state index is 6.35. The van der Waals surface area contributed by atoms with Crippen LogP contribution in [-0.2, 0) is 0 Å². The van der Waals surface area contributed by atoms with E-state index in [4.69, 9.17) is 5.73 Å². The molecule has 0 bridgehead atoms. The van der Waals surface area contributed by atoms with Gasteiger partial charge in [0.2, 0.25) is 0 Å². The average molecular weight is 280 g/mol. The molecule has 0 heterocycles. The molecule has 0 saturated heterocycles. The Morgan fingerprint density at radius 2 is 1.85 bits per heavy atom. The SMILES string of the molecule is CC(C)CCN(C1CC1)C1(CN)CC(C)CC(C)(C)C1. The second-order valence-electron chi connectivity index (χ2n) is 8.89. The van der Waals surface area contributed by atoms with E-state index >= 15 is 0 Å². The normalized spacial score (nSPS) is 33.9. The van der Waals surface area contributed by atoms with Gasteiger partial charge in [-0.2, -0.15) is 0 Å². The van der Waals surface area contributed by atoms with Crippen molar-refractivity contribution in [1.29, 1.82) is 0 Å². The largest absolute Gasteiger partial charge is 0.329 e. The van der Waals surface area contributed by atoms with Crippen LogP contribution in [0, 0.1) is 17.3 Å².